The average molecular weight is 679 g/mol. The van der Waals surface area contributed by atoms with Crippen molar-refractivity contribution in [3.63, 3.8) is 0 Å². The number of likely N-dealkylation sites (N-methyl/N-ethyl adjacent to an activating group) is 1. The van der Waals surface area contributed by atoms with E-state index in [1.54, 1.807) is 19.1 Å². The molecule has 3 saturated carbocycles. The first kappa shape index (κ1) is 37.2. The molecule has 270 valence electrons. The van der Waals surface area contributed by atoms with E-state index in [-0.39, 0.29) is 43.0 Å². The number of hydrogen-bond acceptors (Lipinski definition) is 8. The minimum atomic E-state index is -0.885. The summed E-state index contributed by atoms with van der Waals surface area (Å²) in [7, 11) is 5.60. The number of carbonyl (C=O) groups is 2. The van der Waals surface area contributed by atoms with Crippen molar-refractivity contribution >= 4 is 11.8 Å². The monoisotopic (exact) mass is 678 g/mol. The number of ether oxygens (including phenoxy) is 1. The van der Waals surface area contributed by atoms with Gasteiger partial charge in [-0.1, -0.05) is 65.0 Å². The molecule has 6 rings (SSSR count). The summed E-state index contributed by atoms with van der Waals surface area (Å²) in [6.45, 7) is 13.4. The van der Waals surface area contributed by atoms with Gasteiger partial charge in [-0.2, -0.15) is 5.06 Å². The molecule has 0 aromatic heterocycles. The van der Waals surface area contributed by atoms with Crippen molar-refractivity contribution < 1.29 is 29.4 Å². The van der Waals surface area contributed by atoms with E-state index < -0.39 is 24.2 Å². The summed E-state index contributed by atoms with van der Waals surface area (Å²) in [6.07, 6.45) is 0.524. The minimum absolute atomic E-state index is 0.00157. The predicted molar refractivity (Wildman–Crippen MR) is 191 cm³/mol. The first-order valence-electron chi connectivity index (χ1n) is 17.9. The highest BCUT2D eigenvalue weighted by molar-refractivity contribution is 5.96. The van der Waals surface area contributed by atoms with E-state index in [4.69, 9.17) is 9.57 Å². The maximum atomic E-state index is 14.1. The largest absolute Gasteiger partial charge is 0.496 e. The molecule has 0 radical (unpaired) electrons. The van der Waals surface area contributed by atoms with Crippen LogP contribution in [0.15, 0.2) is 42.5 Å². The molecule has 2 bridgehead atoms. The summed E-state index contributed by atoms with van der Waals surface area (Å²) in [5.41, 5.74) is 3.24. The van der Waals surface area contributed by atoms with Crippen LogP contribution in [0.1, 0.15) is 70.3 Å². The van der Waals surface area contributed by atoms with Gasteiger partial charge in [-0.3, -0.25) is 14.4 Å². The van der Waals surface area contributed by atoms with Crippen molar-refractivity contribution in [2.45, 2.75) is 91.3 Å². The van der Waals surface area contributed by atoms with Crippen molar-refractivity contribution in [2.75, 3.05) is 34.4 Å². The van der Waals surface area contributed by atoms with Crippen LogP contribution in [-0.2, 0) is 16.2 Å². The lowest BCUT2D eigenvalue weighted by molar-refractivity contribution is -0.183. The summed E-state index contributed by atoms with van der Waals surface area (Å²) in [5.74, 6) is 1.41. The molecule has 4 fully saturated rings. The maximum Gasteiger partial charge on any atom is 0.251 e. The second-order valence-corrected chi connectivity index (χ2v) is 15.9. The van der Waals surface area contributed by atoms with E-state index in [2.05, 4.69) is 50.2 Å². The molecule has 9 atom stereocenters. The summed E-state index contributed by atoms with van der Waals surface area (Å²) >= 11 is 0. The normalized spacial score (nSPS) is 29.0. The number of benzene rings is 2. The van der Waals surface area contributed by atoms with Crippen LogP contribution in [0.25, 0.3) is 11.1 Å². The standard InChI is InChI=1S/C39H58N4O6/c1-22(2)32(20-42(7)8)41-37(46)26-13-10-12-25(16-26)29-15-11-14-27(36(29)48-9)19-43-35(34(24(4)45)33(21-44)49-43)38(47)40-31-18-28-17-30(23(31)3)39(28,5)6/h10-16,22-24,28,30-35,44-45H,17-21H2,1-9H3,(H,40,47)(H,41,46)/t23-,24-,28+,30-,31-,32+,33-,34+,35-/m0/s1. The Labute approximate surface area is 292 Å². The van der Waals surface area contributed by atoms with E-state index in [1.807, 2.05) is 56.6 Å². The van der Waals surface area contributed by atoms with Gasteiger partial charge in [-0.05, 0) is 80.6 Å². The van der Waals surface area contributed by atoms with Crippen LogP contribution in [0, 0.1) is 35.0 Å². The summed E-state index contributed by atoms with van der Waals surface area (Å²) < 4.78 is 5.99. The Balaban J connectivity index is 1.39. The smallest absolute Gasteiger partial charge is 0.251 e. The molecule has 1 saturated heterocycles. The molecule has 0 unspecified atom stereocenters. The molecule has 0 spiro atoms. The summed E-state index contributed by atoms with van der Waals surface area (Å²) in [4.78, 5) is 35.8. The van der Waals surface area contributed by atoms with Gasteiger partial charge in [0.2, 0.25) is 5.91 Å². The molecule has 4 N–H and O–H groups in total. The summed E-state index contributed by atoms with van der Waals surface area (Å²) in [6, 6.07) is 12.5. The van der Waals surface area contributed by atoms with Crippen molar-refractivity contribution in [3.8, 4) is 16.9 Å². The third-order valence-corrected chi connectivity index (χ3v) is 11.8. The van der Waals surface area contributed by atoms with Crippen LogP contribution in [0.3, 0.4) is 0 Å². The molecule has 49 heavy (non-hydrogen) atoms. The number of hydrogen-bond donors (Lipinski definition) is 4. The van der Waals surface area contributed by atoms with Gasteiger partial charge in [0.25, 0.3) is 5.91 Å². The Morgan fingerprint density at radius 2 is 1.84 bits per heavy atom. The van der Waals surface area contributed by atoms with E-state index in [0.717, 1.165) is 29.7 Å². The number of para-hydroxylation sites is 1. The van der Waals surface area contributed by atoms with E-state index >= 15 is 0 Å². The number of nitrogens with zero attached hydrogens (tertiary/aromatic N) is 2. The highest BCUT2D eigenvalue weighted by atomic mass is 16.7. The first-order chi connectivity index (χ1) is 23.2. The Morgan fingerprint density at radius 3 is 2.43 bits per heavy atom. The number of methoxy groups -OCH3 is 1. The van der Waals surface area contributed by atoms with Crippen LogP contribution in [0.5, 0.6) is 5.75 Å². The van der Waals surface area contributed by atoms with Gasteiger partial charge >= 0.3 is 0 Å². The topological polar surface area (TPSA) is 124 Å². The fourth-order valence-corrected chi connectivity index (χ4v) is 8.73. The third-order valence-electron chi connectivity index (χ3n) is 11.8. The molecule has 2 aromatic carbocycles. The molecule has 1 heterocycles. The molecular weight excluding hydrogens is 620 g/mol. The van der Waals surface area contributed by atoms with Gasteiger partial charge in [0, 0.05) is 41.2 Å². The van der Waals surface area contributed by atoms with Gasteiger partial charge in [0.05, 0.1) is 26.4 Å². The highest BCUT2D eigenvalue weighted by Crippen LogP contribution is 2.61. The summed E-state index contributed by atoms with van der Waals surface area (Å²) in [5, 5.41) is 29.3. The Morgan fingerprint density at radius 1 is 1.12 bits per heavy atom. The zero-order valence-electron chi connectivity index (χ0n) is 30.8. The minimum Gasteiger partial charge on any atom is -0.496 e. The quantitative estimate of drug-likeness (QED) is 0.247. The van der Waals surface area contributed by atoms with Gasteiger partial charge in [-0.25, -0.2) is 0 Å². The van der Waals surface area contributed by atoms with Crippen LogP contribution >= 0.6 is 0 Å². The second-order valence-electron chi connectivity index (χ2n) is 15.9. The number of amides is 2. The SMILES string of the molecule is COc1c(CN2O[C@@H](CO)[C@@H]([C@H](C)O)[C@H]2C(=O)N[C@H]2C[C@H]3C[C@@H]([C@@H]2C)C3(C)C)cccc1-c1cccc(C(=O)N[C@H](CN(C)C)C(C)C)c1. The number of fused-ring (bicyclic) bond motifs is 2. The van der Waals surface area contributed by atoms with Gasteiger partial charge < -0.3 is 30.5 Å². The molecule has 10 nitrogen and oxygen atoms in total. The van der Waals surface area contributed by atoms with Crippen molar-refractivity contribution in [2.24, 2.45) is 35.0 Å². The van der Waals surface area contributed by atoms with Crippen molar-refractivity contribution in [1.82, 2.24) is 20.6 Å². The number of carbonyl (C=O) groups excluding carboxylic acids is 2. The van der Waals surface area contributed by atoms with Gasteiger partial charge in [0.15, 0.2) is 0 Å². The zero-order chi connectivity index (χ0) is 35.8. The Bertz CT molecular complexity index is 1480. The maximum absolute atomic E-state index is 14.1. The van der Waals surface area contributed by atoms with Crippen LogP contribution in [-0.4, -0.2) is 96.7 Å². The molecule has 1 aliphatic heterocycles. The van der Waals surface area contributed by atoms with E-state index in [0.29, 0.717) is 34.5 Å². The van der Waals surface area contributed by atoms with Gasteiger partial charge in [-0.15, -0.1) is 0 Å². The molecule has 2 amide bonds. The van der Waals surface area contributed by atoms with Crippen LogP contribution < -0.4 is 15.4 Å². The van der Waals surface area contributed by atoms with Crippen LogP contribution in [0.2, 0.25) is 0 Å². The molecule has 3 aliphatic carbocycles. The lowest BCUT2D eigenvalue weighted by Crippen LogP contribution is -2.62. The number of aliphatic hydroxyl groups excluding tert-OH is 2. The van der Waals surface area contributed by atoms with Crippen molar-refractivity contribution in [1.29, 1.82) is 0 Å². The molecule has 2 aromatic rings. The van der Waals surface area contributed by atoms with E-state index in [9.17, 15) is 19.8 Å². The first-order valence-corrected chi connectivity index (χ1v) is 17.9. The third kappa shape index (κ3) is 7.54. The average Bonchev–Trinajstić information content (AvgIpc) is 3.43. The number of aliphatic hydroxyl groups is 2. The predicted octanol–water partition coefficient (Wildman–Crippen LogP) is 4.34. The molecule has 4 aliphatic rings. The highest BCUT2D eigenvalue weighted by Gasteiger charge is 2.57. The Kier molecular flexibility index (Phi) is 11.5. The lowest BCUT2D eigenvalue weighted by atomic mass is 9.45. The fourth-order valence-electron chi connectivity index (χ4n) is 8.73. The second kappa shape index (κ2) is 15.1. The lowest BCUT2D eigenvalue weighted by Gasteiger charge is -2.62. The molecular formula is C39H58N4O6. The fraction of sp³-hybridized carbons (Fsp3) is 0.641. The van der Waals surface area contributed by atoms with Crippen molar-refractivity contribution in [3.05, 3.63) is 53.6 Å². The number of rotatable bonds is 13. The van der Waals surface area contributed by atoms with E-state index in [1.165, 1.54) is 6.42 Å². The Hall–Kier alpha value is -3.02. The number of hydroxylamine groups is 2. The number of nitrogens with one attached hydrogen (secondary N) is 2. The van der Waals surface area contributed by atoms with Gasteiger partial charge in [0.1, 0.15) is 17.9 Å². The van der Waals surface area contributed by atoms with Crippen LogP contribution in [0.4, 0.5) is 0 Å². The molecule has 10 heteroatoms. The zero-order valence-corrected chi connectivity index (χ0v) is 30.8.